The lowest BCUT2D eigenvalue weighted by Gasteiger charge is -2.32. The van der Waals surface area contributed by atoms with Gasteiger partial charge in [-0.05, 0) is 63.5 Å². The van der Waals surface area contributed by atoms with Crippen LogP contribution >= 0.6 is 0 Å². The highest BCUT2D eigenvalue weighted by Gasteiger charge is 2.28. The lowest BCUT2D eigenvalue weighted by atomic mass is 9.86. The third-order valence-corrected chi connectivity index (χ3v) is 6.93. The van der Waals surface area contributed by atoms with Gasteiger partial charge >= 0.3 is 0 Å². The Balaban J connectivity index is 2.02. The fourth-order valence-corrected chi connectivity index (χ4v) is 5.11. The van der Waals surface area contributed by atoms with Gasteiger partial charge in [0.1, 0.15) is 5.75 Å². The number of sulfonamides is 1. The number of aryl methyl sites for hydroxylation is 1. The fourth-order valence-electron chi connectivity index (χ4n) is 3.75. The Morgan fingerprint density at radius 1 is 1.21 bits per heavy atom. The first-order chi connectivity index (χ1) is 13.6. The van der Waals surface area contributed by atoms with Crippen molar-refractivity contribution < 1.29 is 18.1 Å². The lowest BCUT2D eigenvalue weighted by molar-refractivity contribution is -0.385. The molecule has 1 atom stereocenters. The van der Waals surface area contributed by atoms with Crippen molar-refractivity contribution in [2.24, 2.45) is 0 Å². The Labute approximate surface area is 170 Å². The first-order valence-electron chi connectivity index (χ1n) is 9.27. The number of methoxy groups -OCH3 is 1. The van der Waals surface area contributed by atoms with Crippen LogP contribution in [-0.4, -0.2) is 45.5 Å². The molecular formula is C20H25N3O5S. The number of anilines is 1. The Morgan fingerprint density at radius 3 is 2.55 bits per heavy atom. The summed E-state index contributed by atoms with van der Waals surface area (Å²) in [6.07, 6.45) is 2.37. The summed E-state index contributed by atoms with van der Waals surface area (Å²) in [6.45, 7) is 1.61. The lowest BCUT2D eigenvalue weighted by Crippen LogP contribution is -2.34. The summed E-state index contributed by atoms with van der Waals surface area (Å²) in [5.41, 5.74) is 2.58. The van der Waals surface area contributed by atoms with E-state index in [-0.39, 0.29) is 10.6 Å². The molecule has 0 radical (unpaired) electrons. The highest BCUT2D eigenvalue weighted by Crippen LogP contribution is 2.37. The highest BCUT2D eigenvalue weighted by atomic mass is 32.2. The quantitative estimate of drug-likeness (QED) is 0.570. The predicted molar refractivity (Wildman–Crippen MR) is 111 cm³/mol. The largest absolute Gasteiger partial charge is 0.496 e. The van der Waals surface area contributed by atoms with Crippen LogP contribution in [0.4, 0.5) is 11.4 Å². The van der Waals surface area contributed by atoms with Crippen molar-refractivity contribution in [1.29, 1.82) is 0 Å². The topological polar surface area (TPSA) is 102 Å². The van der Waals surface area contributed by atoms with Crippen LogP contribution in [0.25, 0.3) is 0 Å². The molecule has 0 bridgehead atoms. The van der Waals surface area contributed by atoms with E-state index >= 15 is 0 Å². The average molecular weight is 420 g/mol. The zero-order valence-electron chi connectivity index (χ0n) is 16.9. The standard InChI is InChI=1S/C20H25N3O5S/c1-13-5-6-15(23(24)25)12-20(13)29(26,27)21-18-9-10-19(28-4)17-11-14(22(2)3)7-8-16(17)18/h5-6,9-10,12,14,21H,7-8,11H2,1-4H3/t14-/m0/s1. The van der Waals surface area contributed by atoms with E-state index in [1.807, 2.05) is 14.1 Å². The molecule has 1 N–H and O–H groups in total. The monoisotopic (exact) mass is 419 g/mol. The maximum atomic E-state index is 13.0. The molecule has 2 aromatic rings. The number of hydrogen-bond donors (Lipinski definition) is 1. The number of likely N-dealkylation sites (N-methyl/N-ethyl adjacent to an activating group) is 1. The summed E-state index contributed by atoms with van der Waals surface area (Å²) < 4.78 is 34.2. The fraction of sp³-hybridized carbons (Fsp3) is 0.400. The molecule has 0 spiro atoms. The maximum absolute atomic E-state index is 13.0. The van der Waals surface area contributed by atoms with Gasteiger partial charge in [0.05, 0.1) is 22.6 Å². The number of hydrogen-bond acceptors (Lipinski definition) is 6. The number of non-ortho nitro benzene ring substituents is 1. The van der Waals surface area contributed by atoms with Crippen molar-refractivity contribution in [1.82, 2.24) is 4.90 Å². The van der Waals surface area contributed by atoms with Gasteiger partial charge in [-0.15, -0.1) is 0 Å². The summed E-state index contributed by atoms with van der Waals surface area (Å²) in [7, 11) is 1.67. The molecule has 29 heavy (non-hydrogen) atoms. The number of nitrogens with zero attached hydrogens (tertiary/aromatic N) is 2. The summed E-state index contributed by atoms with van der Waals surface area (Å²) >= 11 is 0. The summed E-state index contributed by atoms with van der Waals surface area (Å²) in [4.78, 5) is 12.5. The van der Waals surface area contributed by atoms with Crippen LogP contribution in [0, 0.1) is 17.0 Å². The van der Waals surface area contributed by atoms with Gasteiger partial charge in [0, 0.05) is 23.7 Å². The molecule has 9 heteroatoms. The van der Waals surface area contributed by atoms with Gasteiger partial charge in [0.15, 0.2) is 0 Å². The first-order valence-corrected chi connectivity index (χ1v) is 10.8. The van der Waals surface area contributed by atoms with Gasteiger partial charge in [-0.1, -0.05) is 6.07 Å². The number of benzene rings is 2. The first kappa shape index (κ1) is 21.1. The van der Waals surface area contributed by atoms with Crippen LogP contribution in [0.2, 0.25) is 0 Å². The van der Waals surface area contributed by atoms with E-state index in [2.05, 4.69) is 9.62 Å². The second-order valence-electron chi connectivity index (χ2n) is 7.45. The number of nitro benzene ring substituents is 1. The third kappa shape index (κ3) is 4.20. The SMILES string of the molecule is COc1ccc(NS(=O)(=O)c2cc([N+](=O)[O-])ccc2C)c2c1C[C@@H](N(C)C)CC2. The number of nitrogens with one attached hydrogen (secondary N) is 1. The molecule has 0 unspecified atom stereocenters. The predicted octanol–water partition coefficient (Wildman–Crippen LogP) is 3.13. The minimum atomic E-state index is -3.99. The van der Waals surface area contributed by atoms with E-state index in [9.17, 15) is 18.5 Å². The molecule has 2 aromatic carbocycles. The minimum absolute atomic E-state index is 0.0988. The van der Waals surface area contributed by atoms with Gasteiger partial charge in [-0.2, -0.15) is 0 Å². The van der Waals surface area contributed by atoms with E-state index < -0.39 is 14.9 Å². The van der Waals surface area contributed by atoms with E-state index in [0.29, 0.717) is 23.7 Å². The van der Waals surface area contributed by atoms with Gasteiger partial charge < -0.3 is 9.64 Å². The summed E-state index contributed by atoms with van der Waals surface area (Å²) in [5, 5.41) is 11.1. The molecule has 1 aliphatic rings. The summed E-state index contributed by atoms with van der Waals surface area (Å²) in [5.74, 6) is 0.737. The Bertz CT molecular complexity index is 1050. The van der Waals surface area contributed by atoms with Gasteiger partial charge in [-0.25, -0.2) is 8.42 Å². The Morgan fingerprint density at radius 2 is 1.93 bits per heavy atom. The molecule has 0 saturated carbocycles. The maximum Gasteiger partial charge on any atom is 0.270 e. The smallest absolute Gasteiger partial charge is 0.270 e. The molecular weight excluding hydrogens is 394 g/mol. The van der Waals surface area contributed by atoms with Crippen molar-refractivity contribution in [3.8, 4) is 5.75 Å². The van der Waals surface area contributed by atoms with Crippen LogP contribution in [0.3, 0.4) is 0 Å². The van der Waals surface area contributed by atoms with Crippen LogP contribution in [-0.2, 0) is 22.9 Å². The van der Waals surface area contributed by atoms with Crippen molar-refractivity contribution in [2.75, 3.05) is 25.9 Å². The van der Waals surface area contributed by atoms with Crippen LogP contribution in [0.1, 0.15) is 23.1 Å². The molecule has 0 amide bonds. The van der Waals surface area contributed by atoms with E-state index in [0.717, 1.165) is 35.8 Å². The summed E-state index contributed by atoms with van der Waals surface area (Å²) in [6, 6.07) is 7.63. The van der Waals surface area contributed by atoms with Crippen molar-refractivity contribution >= 4 is 21.4 Å². The minimum Gasteiger partial charge on any atom is -0.496 e. The molecule has 0 aliphatic heterocycles. The van der Waals surface area contributed by atoms with Crippen LogP contribution in [0.15, 0.2) is 35.2 Å². The van der Waals surface area contributed by atoms with Gasteiger partial charge in [-0.3, -0.25) is 14.8 Å². The number of ether oxygens (including phenoxy) is 1. The average Bonchev–Trinajstić information content (AvgIpc) is 2.67. The Hall–Kier alpha value is -2.65. The molecule has 3 rings (SSSR count). The zero-order chi connectivity index (χ0) is 21.3. The second kappa shape index (κ2) is 8.00. The Kier molecular flexibility index (Phi) is 5.81. The van der Waals surface area contributed by atoms with E-state index in [1.165, 1.54) is 12.1 Å². The van der Waals surface area contributed by atoms with Gasteiger partial charge in [0.25, 0.3) is 15.7 Å². The normalized spacial score (nSPS) is 16.4. The van der Waals surface area contributed by atoms with E-state index in [1.54, 1.807) is 26.2 Å². The van der Waals surface area contributed by atoms with E-state index in [4.69, 9.17) is 4.74 Å². The van der Waals surface area contributed by atoms with Gasteiger partial charge in [0.2, 0.25) is 0 Å². The molecule has 1 aliphatic carbocycles. The zero-order valence-corrected chi connectivity index (χ0v) is 17.7. The third-order valence-electron chi connectivity index (χ3n) is 5.42. The second-order valence-corrected chi connectivity index (χ2v) is 9.10. The molecule has 0 aromatic heterocycles. The number of fused-ring (bicyclic) bond motifs is 1. The van der Waals surface area contributed by atoms with Crippen molar-refractivity contribution in [2.45, 2.75) is 37.1 Å². The molecule has 156 valence electrons. The molecule has 0 fully saturated rings. The van der Waals surface area contributed by atoms with Crippen molar-refractivity contribution in [3.63, 3.8) is 0 Å². The molecule has 8 nitrogen and oxygen atoms in total. The van der Waals surface area contributed by atoms with Crippen LogP contribution < -0.4 is 9.46 Å². The molecule has 0 saturated heterocycles. The highest BCUT2D eigenvalue weighted by molar-refractivity contribution is 7.92. The van der Waals surface area contributed by atoms with Crippen LogP contribution in [0.5, 0.6) is 5.75 Å². The van der Waals surface area contributed by atoms with Crippen molar-refractivity contribution in [3.05, 3.63) is 57.1 Å². The molecule has 0 heterocycles. The number of nitro groups is 1. The number of rotatable bonds is 6.